The molecule has 0 aliphatic rings. The minimum atomic E-state index is 0.785. The van der Waals surface area contributed by atoms with Crippen LogP contribution in [-0.4, -0.2) is 26.3 Å². The maximum Gasteiger partial charge on any atom is 0.0494 e. The van der Waals surface area contributed by atoms with E-state index in [1.165, 1.54) is 44.9 Å². The lowest BCUT2D eigenvalue weighted by molar-refractivity contribution is 0.0912. The van der Waals surface area contributed by atoms with E-state index < -0.39 is 0 Å². The number of hydrogen-bond donors (Lipinski definition) is 1. The van der Waals surface area contributed by atoms with Crippen molar-refractivity contribution >= 4 is 0 Å². The minimum Gasteiger partial charge on any atom is -0.381 e. The topological polar surface area (TPSA) is 21.3 Å². The van der Waals surface area contributed by atoms with E-state index in [0.29, 0.717) is 0 Å². The Kier molecular flexibility index (Phi) is 13.9. The Morgan fingerprint density at radius 2 is 1.76 bits per heavy atom. The standard InChI is InChI=1S/C15H33NO/c1-4-7-10-15(6-3)14-17-13-9-8-12-16-11-5-2/h15-16H,4-14H2,1-3H3. The summed E-state index contributed by atoms with van der Waals surface area (Å²) in [5, 5.41) is 3.42. The van der Waals surface area contributed by atoms with Gasteiger partial charge in [0.05, 0.1) is 0 Å². The molecular formula is C15H33NO. The van der Waals surface area contributed by atoms with Crippen molar-refractivity contribution in [1.29, 1.82) is 0 Å². The van der Waals surface area contributed by atoms with E-state index in [1.807, 2.05) is 0 Å². The summed E-state index contributed by atoms with van der Waals surface area (Å²) in [6.45, 7) is 10.9. The Bertz CT molecular complexity index is 139. The fourth-order valence-electron chi connectivity index (χ4n) is 1.90. The van der Waals surface area contributed by atoms with Gasteiger partial charge in [-0.25, -0.2) is 0 Å². The zero-order valence-electron chi connectivity index (χ0n) is 12.3. The van der Waals surface area contributed by atoms with Crippen LogP contribution in [-0.2, 0) is 4.74 Å². The van der Waals surface area contributed by atoms with Gasteiger partial charge in [0, 0.05) is 13.2 Å². The molecule has 2 heteroatoms. The zero-order chi connectivity index (χ0) is 12.8. The molecule has 2 nitrogen and oxygen atoms in total. The third-order valence-electron chi connectivity index (χ3n) is 3.22. The molecule has 0 fully saturated rings. The second kappa shape index (κ2) is 14.0. The summed E-state index contributed by atoms with van der Waals surface area (Å²) in [4.78, 5) is 0. The van der Waals surface area contributed by atoms with Crippen LogP contribution in [0, 0.1) is 5.92 Å². The molecule has 0 aromatic carbocycles. The van der Waals surface area contributed by atoms with Crippen molar-refractivity contribution in [2.75, 3.05) is 26.3 Å². The largest absolute Gasteiger partial charge is 0.381 e. The number of rotatable bonds is 13. The van der Waals surface area contributed by atoms with Gasteiger partial charge in [-0.2, -0.15) is 0 Å². The average Bonchev–Trinajstić information content (AvgIpc) is 2.36. The Balaban J connectivity index is 3.19. The highest BCUT2D eigenvalue weighted by Crippen LogP contribution is 2.12. The monoisotopic (exact) mass is 243 g/mol. The highest BCUT2D eigenvalue weighted by atomic mass is 16.5. The van der Waals surface area contributed by atoms with Crippen LogP contribution < -0.4 is 5.32 Å². The van der Waals surface area contributed by atoms with Gasteiger partial charge in [0.15, 0.2) is 0 Å². The molecule has 0 bridgehead atoms. The van der Waals surface area contributed by atoms with Gasteiger partial charge in [-0.1, -0.05) is 40.0 Å². The van der Waals surface area contributed by atoms with Crippen LogP contribution in [0.5, 0.6) is 0 Å². The summed E-state index contributed by atoms with van der Waals surface area (Å²) < 4.78 is 5.76. The van der Waals surface area contributed by atoms with Crippen LogP contribution in [0.4, 0.5) is 0 Å². The van der Waals surface area contributed by atoms with Gasteiger partial charge in [0.25, 0.3) is 0 Å². The minimum absolute atomic E-state index is 0.785. The van der Waals surface area contributed by atoms with E-state index in [2.05, 4.69) is 26.1 Å². The van der Waals surface area contributed by atoms with E-state index in [4.69, 9.17) is 4.74 Å². The fourth-order valence-corrected chi connectivity index (χ4v) is 1.90. The zero-order valence-corrected chi connectivity index (χ0v) is 12.3. The van der Waals surface area contributed by atoms with Crippen molar-refractivity contribution in [2.24, 2.45) is 5.92 Å². The maximum absolute atomic E-state index is 5.76. The molecule has 1 unspecified atom stereocenters. The Morgan fingerprint density at radius 1 is 0.941 bits per heavy atom. The van der Waals surface area contributed by atoms with E-state index in [1.54, 1.807) is 0 Å². The Hall–Kier alpha value is -0.0800. The number of hydrogen-bond acceptors (Lipinski definition) is 2. The van der Waals surface area contributed by atoms with Gasteiger partial charge in [0.2, 0.25) is 0 Å². The van der Waals surface area contributed by atoms with Gasteiger partial charge >= 0.3 is 0 Å². The molecule has 0 rings (SSSR count). The third kappa shape index (κ3) is 12.2. The van der Waals surface area contributed by atoms with Crippen molar-refractivity contribution in [3.63, 3.8) is 0 Å². The summed E-state index contributed by atoms with van der Waals surface area (Å²) in [7, 11) is 0. The first-order valence-electron chi connectivity index (χ1n) is 7.63. The quantitative estimate of drug-likeness (QED) is 0.494. The molecule has 0 heterocycles. The molecule has 0 spiro atoms. The summed E-state index contributed by atoms with van der Waals surface area (Å²) in [6, 6.07) is 0. The van der Waals surface area contributed by atoms with E-state index in [9.17, 15) is 0 Å². The van der Waals surface area contributed by atoms with Crippen LogP contribution in [0.15, 0.2) is 0 Å². The first-order chi connectivity index (χ1) is 8.35. The van der Waals surface area contributed by atoms with Gasteiger partial charge < -0.3 is 10.1 Å². The second-order valence-corrected chi connectivity index (χ2v) is 4.95. The Morgan fingerprint density at radius 3 is 2.41 bits per heavy atom. The second-order valence-electron chi connectivity index (χ2n) is 4.95. The lowest BCUT2D eigenvalue weighted by Gasteiger charge is -2.14. The van der Waals surface area contributed by atoms with Gasteiger partial charge in [-0.05, 0) is 44.7 Å². The molecule has 0 saturated carbocycles. The van der Waals surface area contributed by atoms with E-state index in [-0.39, 0.29) is 0 Å². The number of unbranched alkanes of at least 4 members (excludes halogenated alkanes) is 2. The lowest BCUT2D eigenvalue weighted by Crippen LogP contribution is -2.16. The van der Waals surface area contributed by atoms with Crippen molar-refractivity contribution in [2.45, 2.75) is 65.7 Å². The molecule has 0 radical (unpaired) electrons. The van der Waals surface area contributed by atoms with Gasteiger partial charge in [-0.15, -0.1) is 0 Å². The van der Waals surface area contributed by atoms with E-state index in [0.717, 1.165) is 32.2 Å². The molecule has 17 heavy (non-hydrogen) atoms. The summed E-state index contributed by atoms with van der Waals surface area (Å²) in [5.41, 5.74) is 0. The molecule has 1 N–H and O–H groups in total. The summed E-state index contributed by atoms with van der Waals surface area (Å²) in [5.74, 6) is 0.785. The molecule has 104 valence electrons. The predicted molar refractivity (Wildman–Crippen MR) is 76.5 cm³/mol. The predicted octanol–water partition coefficient (Wildman–Crippen LogP) is 4.00. The molecule has 0 aliphatic carbocycles. The van der Waals surface area contributed by atoms with Gasteiger partial charge in [-0.3, -0.25) is 0 Å². The number of nitrogens with one attached hydrogen (secondary N) is 1. The smallest absolute Gasteiger partial charge is 0.0494 e. The first kappa shape index (κ1) is 16.9. The van der Waals surface area contributed by atoms with Crippen molar-refractivity contribution in [3.8, 4) is 0 Å². The average molecular weight is 243 g/mol. The molecule has 0 aliphatic heterocycles. The third-order valence-corrected chi connectivity index (χ3v) is 3.22. The van der Waals surface area contributed by atoms with Crippen molar-refractivity contribution < 1.29 is 4.74 Å². The van der Waals surface area contributed by atoms with Crippen LogP contribution in [0.1, 0.15) is 65.7 Å². The summed E-state index contributed by atoms with van der Waals surface area (Å²) >= 11 is 0. The van der Waals surface area contributed by atoms with Crippen molar-refractivity contribution in [3.05, 3.63) is 0 Å². The highest BCUT2D eigenvalue weighted by Gasteiger charge is 2.05. The van der Waals surface area contributed by atoms with Crippen molar-refractivity contribution in [1.82, 2.24) is 5.32 Å². The molecular weight excluding hydrogens is 210 g/mol. The van der Waals surface area contributed by atoms with Crippen LogP contribution in [0.2, 0.25) is 0 Å². The molecule has 0 saturated heterocycles. The molecule has 0 aromatic rings. The summed E-state index contributed by atoms with van der Waals surface area (Å²) in [6.07, 6.45) is 8.92. The normalized spacial score (nSPS) is 12.9. The van der Waals surface area contributed by atoms with Gasteiger partial charge in [0.1, 0.15) is 0 Å². The highest BCUT2D eigenvalue weighted by molar-refractivity contribution is 4.56. The van der Waals surface area contributed by atoms with Crippen LogP contribution in [0.25, 0.3) is 0 Å². The maximum atomic E-state index is 5.76. The Labute approximate surface area is 109 Å². The lowest BCUT2D eigenvalue weighted by atomic mass is 10.0. The SMILES string of the molecule is CCCCC(CC)COCCCCNCCC. The number of ether oxygens (including phenoxy) is 1. The fraction of sp³-hybridized carbons (Fsp3) is 1.00. The first-order valence-corrected chi connectivity index (χ1v) is 7.63. The molecule has 0 aromatic heterocycles. The van der Waals surface area contributed by atoms with Crippen LogP contribution in [0.3, 0.4) is 0 Å². The molecule has 0 amide bonds. The molecule has 1 atom stereocenters. The van der Waals surface area contributed by atoms with E-state index >= 15 is 0 Å². The van der Waals surface area contributed by atoms with Crippen LogP contribution >= 0.6 is 0 Å².